The van der Waals surface area contributed by atoms with Crippen molar-refractivity contribution in [1.29, 1.82) is 0 Å². The van der Waals surface area contributed by atoms with Crippen molar-refractivity contribution in [1.82, 2.24) is 15.8 Å². The Balaban J connectivity index is 1.73. The van der Waals surface area contributed by atoms with Crippen molar-refractivity contribution in [2.45, 2.75) is 32.1 Å². The summed E-state index contributed by atoms with van der Waals surface area (Å²) in [7, 11) is 1.41. The van der Waals surface area contributed by atoms with Crippen molar-refractivity contribution in [2.24, 2.45) is 0 Å². The molecule has 3 aromatic rings. The van der Waals surface area contributed by atoms with Crippen LogP contribution in [-0.2, 0) is 4.74 Å². The molecule has 1 aliphatic rings. The van der Waals surface area contributed by atoms with E-state index in [1.54, 1.807) is 43.3 Å². The molecule has 0 atom stereocenters. The van der Waals surface area contributed by atoms with Crippen LogP contribution in [0.25, 0.3) is 10.9 Å². The molecular formula is C25H25N3O5. The number of methoxy groups -OCH3 is 1. The van der Waals surface area contributed by atoms with E-state index in [0.717, 1.165) is 24.8 Å². The van der Waals surface area contributed by atoms with E-state index in [1.165, 1.54) is 7.11 Å². The summed E-state index contributed by atoms with van der Waals surface area (Å²) in [5.41, 5.74) is 7.22. The molecule has 0 bridgehead atoms. The smallest absolute Gasteiger partial charge is 0.343 e. The highest BCUT2D eigenvalue weighted by atomic mass is 16.5. The van der Waals surface area contributed by atoms with Crippen molar-refractivity contribution in [3.63, 3.8) is 0 Å². The fourth-order valence-corrected chi connectivity index (χ4v) is 3.89. The number of nitrogens with one attached hydrogen (secondary N) is 2. The summed E-state index contributed by atoms with van der Waals surface area (Å²) >= 11 is 0. The molecule has 2 amide bonds. The van der Waals surface area contributed by atoms with Gasteiger partial charge >= 0.3 is 5.97 Å². The van der Waals surface area contributed by atoms with Gasteiger partial charge < -0.3 is 9.47 Å². The van der Waals surface area contributed by atoms with Crippen LogP contribution in [0.2, 0.25) is 0 Å². The first-order chi connectivity index (χ1) is 16.0. The number of hydrogen-bond donors (Lipinski definition) is 2. The molecule has 0 radical (unpaired) electrons. The molecule has 0 aliphatic heterocycles. The van der Waals surface area contributed by atoms with Gasteiger partial charge in [0, 0.05) is 10.9 Å². The molecule has 1 fully saturated rings. The maximum atomic E-state index is 13.3. The Kier molecular flexibility index (Phi) is 6.53. The van der Waals surface area contributed by atoms with E-state index < -0.39 is 17.8 Å². The minimum atomic E-state index is -0.548. The highest BCUT2D eigenvalue weighted by Crippen LogP contribution is 2.40. The van der Waals surface area contributed by atoms with E-state index in [1.807, 2.05) is 12.1 Å². The maximum absolute atomic E-state index is 13.3. The summed E-state index contributed by atoms with van der Waals surface area (Å²) in [6.45, 7) is 1.94. The fourth-order valence-electron chi connectivity index (χ4n) is 3.89. The van der Waals surface area contributed by atoms with Crippen LogP contribution in [0.4, 0.5) is 0 Å². The lowest BCUT2D eigenvalue weighted by molar-refractivity contribution is 0.0522. The molecule has 0 unspecified atom stereocenters. The lowest BCUT2D eigenvalue weighted by Crippen LogP contribution is -2.42. The van der Waals surface area contributed by atoms with Gasteiger partial charge in [0.05, 0.1) is 24.8 Å². The molecule has 0 saturated heterocycles. The number of aromatic nitrogens is 1. The predicted molar refractivity (Wildman–Crippen MR) is 122 cm³/mol. The van der Waals surface area contributed by atoms with Gasteiger partial charge in [0.1, 0.15) is 5.56 Å². The number of carbonyl (C=O) groups excluding carboxylic acids is 3. The Bertz CT molecular complexity index is 1210. The summed E-state index contributed by atoms with van der Waals surface area (Å²) in [4.78, 5) is 42.6. The Morgan fingerprint density at radius 2 is 1.76 bits per heavy atom. The van der Waals surface area contributed by atoms with Crippen molar-refractivity contribution < 1.29 is 23.9 Å². The number of benzene rings is 2. The van der Waals surface area contributed by atoms with Gasteiger partial charge in [-0.25, -0.2) is 9.78 Å². The SMILES string of the molecule is CCOC(=O)c1cc2ccc(C3CCC3)c(C(=O)NNC(=O)c3ccccc3)c2nc1OC. The third kappa shape index (κ3) is 4.50. The molecule has 8 nitrogen and oxygen atoms in total. The summed E-state index contributed by atoms with van der Waals surface area (Å²) in [6.07, 6.45) is 3.04. The van der Waals surface area contributed by atoms with Crippen molar-refractivity contribution >= 4 is 28.7 Å². The zero-order chi connectivity index (χ0) is 23.4. The van der Waals surface area contributed by atoms with Gasteiger partial charge in [-0.2, -0.15) is 0 Å². The van der Waals surface area contributed by atoms with Gasteiger partial charge in [0.15, 0.2) is 0 Å². The number of hydrazine groups is 1. The molecule has 33 heavy (non-hydrogen) atoms. The lowest BCUT2D eigenvalue weighted by Gasteiger charge is -2.28. The monoisotopic (exact) mass is 447 g/mol. The Morgan fingerprint density at radius 1 is 1.03 bits per heavy atom. The quantitative estimate of drug-likeness (QED) is 0.440. The van der Waals surface area contributed by atoms with Crippen LogP contribution >= 0.6 is 0 Å². The zero-order valence-electron chi connectivity index (χ0n) is 18.5. The molecule has 8 heteroatoms. The average Bonchev–Trinajstić information content (AvgIpc) is 2.80. The number of esters is 1. The number of ether oxygens (including phenoxy) is 2. The predicted octanol–water partition coefficient (Wildman–Crippen LogP) is 3.76. The number of pyridine rings is 1. The Morgan fingerprint density at radius 3 is 2.39 bits per heavy atom. The number of amides is 2. The van der Waals surface area contributed by atoms with Gasteiger partial charge in [-0.05, 0) is 49.4 Å². The van der Waals surface area contributed by atoms with Crippen LogP contribution in [0.15, 0.2) is 48.5 Å². The van der Waals surface area contributed by atoms with Gasteiger partial charge in [0.2, 0.25) is 5.88 Å². The van der Waals surface area contributed by atoms with Crippen LogP contribution in [0.3, 0.4) is 0 Å². The van der Waals surface area contributed by atoms with Gasteiger partial charge in [-0.15, -0.1) is 0 Å². The van der Waals surface area contributed by atoms with Gasteiger partial charge in [0.25, 0.3) is 11.8 Å². The number of nitrogens with zero attached hydrogens (tertiary/aromatic N) is 1. The molecule has 1 aliphatic carbocycles. The molecule has 170 valence electrons. The highest BCUT2D eigenvalue weighted by molar-refractivity contribution is 6.09. The van der Waals surface area contributed by atoms with Crippen LogP contribution in [-0.4, -0.2) is 36.5 Å². The minimum Gasteiger partial charge on any atom is -0.480 e. The third-order valence-corrected chi connectivity index (χ3v) is 5.77. The number of fused-ring (bicyclic) bond motifs is 1. The van der Waals surface area contributed by atoms with Crippen molar-refractivity contribution in [3.05, 3.63) is 70.8 Å². The van der Waals surface area contributed by atoms with E-state index in [4.69, 9.17) is 9.47 Å². The Hall–Kier alpha value is -3.94. The Labute approximate surface area is 191 Å². The molecule has 1 saturated carbocycles. The molecule has 2 aromatic carbocycles. The van der Waals surface area contributed by atoms with Crippen molar-refractivity contribution in [2.75, 3.05) is 13.7 Å². The number of carbonyl (C=O) groups is 3. The summed E-state index contributed by atoms with van der Waals surface area (Å²) in [6, 6.07) is 14.0. The van der Waals surface area contributed by atoms with Crippen LogP contribution in [0.1, 0.15) is 68.7 Å². The third-order valence-electron chi connectivity index (χ3n) is 5.77. The molecule has 1 aromatic heterocycles. The second kappa shape index (κ2) is 9.68. The van der Waals surface area contributed by atoms with Crippen LogP contribution in [0, 0.1) is 0 Å². The van der Waals surface area contributed by atoms with Gasteiger partial charge in [-0.1, -0.05) is 36.8 Å². The highest BCUT2D eigenvalue weighted by Gasteiger charge is 2.28. The van der Waals surface area contributed by atoms with Gasteiger partial charge in [-0.3, -0.25) is 20.4 Å². The number of rotatable bonds is 6. The first kappa shape index (κ1) is 22.3. The second-order valence-electron chi connectivity index (χ2n) is 7.77. The fraction of sp³-hybridized carbons (Fsp3) is 0.280. The molecule has 0 spiro atoms. The second-order valence-corrected chi connectivity index (χ2v) is 7.77. The van der Waals surface area contributed by atoms with Crippen LogP contribution < -0.4 is 15.6 Å². The standard InChI is InChI=1S/C25H25N3O5/c1-3-33-25(31)19-14-17-12-13-18(15-10-7-11-15)20(21(17)26-24(19)32-2)23(30)28-27-22(29)16-8-5-4-6-9-16/h4-6,8-9,12-15H,3,7,10-11H2,1-2H3,(H,27,29)(H,28,30). The first-order valence-corrected chi connectivity index (χ1v) is 10.9. The number of hydrogen-bond acceptors (Lipinski definition) is 6. The van der Waals surface area contributed by atoms with E-state index in [-0.39, 0.29) is 24.0 Å². The normalized spacial score (nSPS) is 13.2. The molecule has 4 rings (SSSR count). The first-order valence-electron chi connectivity index (χ1n) is 10.9. The summed E-state index contributed by atoms with van der Waals surface area (Å²) in [5, 5.41) is 0.599. The lowest BCUT2D eigenvalue weighted by atomic mass is 9.77. The van der Waals surface area contributed by atoms with E-state index in [2.05, 4.69) is 15.8 Å². The largest absolute Gasteiger partial charge is 0.480 e. The molecule has 2 N–H and O–H groups in total. The van der Waals surface area contributed by atoms with Crippen LogP contribution in [0.5, 0.6) is 5.88 Å². The zero-order valence-corrected chi connectivity index (χ0v) is 18.5. The average molecular weight is 447 g/mol. The maximum Gasteiger partial charge on any atom is 0.343 e. The molecule has 1 heterocycles. The van der Waals surface area contributed by atoms with Crippen molar-refractivity contribution in [3.8, 4) is 5.88 Å². The van der Waals surface area contributed by atoms with E-state index >= 15 is 0 Å². The summed E-state index contributed by atoms with van der Waals surface area (Å²) in [5.74, 6) is -1.14. The minimum absolute atomic E-state index is 0.0779. The molecular weight excluding hydrogens is 422 g/mol. The topological polar surface area (TPSA) is 107 Å². The van der Waals surface area contributed by atoms with E-state index in [0.29, 0.717) is 22.0 Å². The summed E-state index contributed by atoms with van der Waals surface area (Å²) < 4.78 is 10.4. The van der Waals surface area contributed by atoms with E-state index in [9.17, 15) is 14.4 Å².